The van der Waals surface area contributed by atoms with Crippen LogP contribution in [0.1, 0.15) is 49.4 Å². The monoisotopic (exact) mass is 686 g/mol. The Kier molecular flexibility index (Phi) is 14.5. The lowest BCUT2D eigenvalue weighted by atomic mass is 10.1. The van der Waals surface area contributed by atoms with E-state index in [2.05, 4.69) is 19.7 Å². The number of esters is 4. The molecule has 3 aromatic rings. The van der Waals surface area contributed by atoms with E-state index in [0.717, 1.165) is 23.3 Å². The Bertz CT molecular complexity index is 1770. The Labute approximate surface area is 289 Å². The molecule has 262 valence electrons. The molecule has 0 bridgehead atoms. The summed E-state index contributed by atoms with van der Waals surface area (Å²) < 4.78 is 37.5. The van der Waals surface area contributed by atoms with Crippen LogP contribution in [-0.4, -0.2) is 56.5 Å². The van der Waals surface area contributed by atoms with Crippen LogP contribution in [0.3, 0.4) is 0 Å². The van der Waals surface area contributed by atoms with E-state index in [-0.39, 0.29) is 49.3 Å². The van der Waals surface area contributed by atoms with Crippen LogP contribution in [-0.2, 0) is 35.0 Å². The van der Waals surface area contributed by atoms with Crippen molar-refractivity contribution in [1.82, 2.24) is 0 Å². The highest BCUT2D eigenvalue weighted by Gasteiger charge is 2.19. The molecule has 12 nitrogen and oxygen atoms in total. The van der Waals surface area contributed by atoms with E-state index < -0.39 is 30.7 Å². The summed E-state index contributed by atoms with van der Waals surface area (Å²) in [5.74, 6) is -1.59. The predicted molar refractivity (Wildman–Crippen MR) is 181 cm³/mol. The summed E-state index contributed by atoms with van der Waals surface area (Å²) in [5, 5.41) is 0. The Morgan fingerprint density at radius 3 is 1.94 bits per heavy atom. The summed E-state index contributed by atoms with van der Waals surface area (Å²) >= 11 is 0. The van der Waals surface area contributed by atoms with Crippen LogP contribution in [0.15, 0.2) is 86.5 Å². The van der Waals surface area contributed by atoms with Gasteiger partial charge in [-0.05, 0) is 91.6 Å². The quantitative estimate of drug-likeness (QED) is 0.0487. The van der Waals surface area contributed by atoms with E-state index in [9.17, 15) is 24.0 Å². The smallest absolute Gasteiger partial charge is 0.343 e. The molecule has 3 rings (SSSR count). The van der Waals surface area contributed by atoms with Crippen LogP contribution >= 0.6 is 0 Å². The lowest BCUT2D eigenvalue weighted by molar-refractivity contribution is -0.145. The van der Waals surface area contributed by atoms with Gasteiger partial charge >= 0.3 is 23.9 Å². The van der Waals surface area contributed by atoms with Gasteiger partial charge < -0.3 is 33.2 Å². The first-order valence-electron chi connectivity index (χ1n) is 15.3. The number of carbonyl (C=O) groups is 5. The minimum absolute atomic E-state index is 0.0148. The van der Waals surface area contributed by atoms with Gasteiger partial charge in [0.1, 0.15) is 11.5 Å². The van der Waals surface area contributed by atoms with Crippen molar-refractivity contribution in [3.05, 3.63) is 120 Å². The van der Waals surface area contributed by atoms with Crippen molar-refractivity contribution in [3.8, 4) is 23.0 Å². The van der Waals surface area contributed by atoms with Crippen LogP contribution in [0.4, 0.5) is 0 Å². The van der Waals surface area contributed by atoms with Gasteiger partial charge in [0.25, 0.3) is 0 Å². The van der Waals surface area contributed by atoms with Crippen molar-refractivity contribution in [2.45, 2.75) is 33.6 Å². The maximum absolute atomic E-state index is 13.2. The van der Waals surface area contributed by atoms with Gasteiger partial charge in [-0.1, -0.05) is 25.8 Å². The third-order valence-electron chi connectivity index (χ3n) is 7.00. The summed E-state index contributed by atoms with van der Waals surface area (Å²) in [6, 6.07) is 12.8. The van der Waals surface area contributed by atoms with Crippen LogP contribution in [0.25, 0.3) is 0 Å². The number of benzene rings is 3. The van der Waals surface area contributed by atoms with Crippen molar-refractivity contribution >= 4 is 29.7 Å². The van der Waals surface area contributed by atoms with E-state index in [1.807, 2.05) is 6.92 Å². The first kappa shape index (κ1) is 38.3. The second-order valence-corrected chi connectivity index (χ2v) is 10.6. The van der Waals surface area contributed by atoms with Crippen molar-refractivity contribution in [2.75, 3.05) is 26.8 Å². The van der Waals surface area contributed by atoms with Crippen LogP contribution in [0.2, 0.25) is 0 Å². The normalized spacial score (nSPS) is 10.2. The van der Waals surface area contributed by atoms with Crippen molar-refractivity contribution in [3.63, 3.8) is 0 Å². The fourth-order valence-corrected chi connectivity index (χ4v) is 4.38. The molecule has 12 heteroatoms. The molecule has 0 saturated heterocycles. The number of allylic oxidation sites excluding steroid dienone is 1. The third kappa shape index (κ3) is 11.5. The molecule has 0 fully saturated rings. The highest BCUT2D eigenvalue weighted by molar-refractivity contribution is 5.92. The first-order chi connectivity index (χ1) is 23.9. The minimum atomic E-state index is -0.680. The van der Waals surface area contributed by atoms with Gasteiger partial charge in [-0.15, -0.1) is 0 Å². The molecule has 0 unspecified atom stereocenters. The fraction of sp³-hybridized carbons (Fsp3) is 0.237. The van der Waals surface area contributed by atoms with Crippen LogP contribution in [0.5, 0.6) is 23.0 Å². The molecule has 50 heavy (non-hydrogen) atoms. The molecular weight excluding hydrogens is 648 g/mol. The molecule has 0 aromatic heterocycles. The fourth-order valence-electron chi connectivity index (χ4n) is 4.38. The van der Waals surface area contributed by atoms with E-state index >= 15 is 0 Å². The van der Waals surface area contributed by atoms with Gasteiger partial charge in [-0.3, -0.25) is 4.79 Å². The highest BCUT2D eigenvalue weighted by atomic mass is 16.7. The van der Waals surface area contributed by atoms with Crippen LogP contribution in [0, 0.1) is 20.8 Å². The van der Waals surface area contributed by atoms with Crippen LogP contribution < -0.4 is 18.9 Å². The molecule has 0 amide bonds. The second-order valence-electron chi connectivity index (χ2n) is 10.6. The lowest BCUT2D eigenvalue weighted by Crippen LogP contribution is -2.13. The van der Waals surface area contributed by atoms with Gasteiger partial charge in [-0.25, -0.2) is 19.2 Å². The summed E-state index contributed by atoms with van der Waals surface area (Å²) in [7, 11) is 0. The topological polar surface area (TPSA) is 150 Å². The van der Waals surface area contributed by atoms with Gasteiger partial charge in [0.15, 0.2) is 17.3 Å². The number of aryl methyl sites for hydroxylation is 3. The summed E-state index contributed by atoms with van der Waals surface area (Å²) in [4.78, 5) is 60.0. The summed E-state index contributed by atoms with van der Waals surface area (Å²) in [6.45, 7) is 14.7. The van der Waals surface area contributed by atoms with E-state index in [4.69, 9.17) is 33.2 Å². The average molecular weight is 687 g/mol. The summed E-state index contributed by atoms with van der Waals surface area (Å²) in [6.07, 6.45) is 3.67. The number of hydrogen-bond acceptors (Lipinski definition) is 12. The molecule has 0 heterocycles. The van der Waals surface area contributed by atoms with Gasteiger partial charge in [0, 0.05) is 25.0 Å². The molecule has 0 aliphatic heterocycles. The molecule has 0 aliphatic carbocycles. The highest BCUT2D eigenvalue weighted by Crippen LogP contribution is 2.34. The third-order valence-corrected chi connectivity index (χ3v) is 7.00. The molecule has 0 saturated carbocycles. The average Bonchev–Trinajstić information content (AvgIpc) is 3.10. The Hall–Kier alpha value is -6.17. The van der Waals surface area contributed by atoms with Crippen molar-refractivity contribution in [1.29, 1.82) is 0 Å². The van der Waals surface area contributed by atoms with Gasteiger partial charge in [0.2, 0.25) is 13.6 Å². The molecule has 0 atom stereocenters. The number of rotatable bonds is 19. The lowest BCUT2D eigenvalue weighted by Gasteiger charge is -2.16. The Morgan fingerprint density at radius 1 is 0.620 bits per heavy atom. The largest absolute Gasteiger partial charge is 0.489 e. The zero-order valence-corrected chi connectivity index (χ0v) is 28.1. The standard InChI is InChI=1S/C38H38O12/c1-7-30(39)15-17-44-33-21-29(19-26(6)36(33)49-23-48-35(41)9-3)38(43)50-31-12-10-27(24(4)20-31)14-16-45-37(42)28-11-13-32(25(5)18-28)46-22-47-34(40)8-2/h7-13,18-21H,1-3,14-17,22-23H2,4-6H3. The Balaban J connectivity index is 1.61. The van der Waals surface area contributed by atoms with E-state index in [1.54, 1.807) is 50.2 Å². The first-order valence-corrected chi connectivity index (χ1v) is 15.3. The molecule has 0 aliphatic rings. The Morgan fingerprint density at radius 2 is 1.30 bits per heavy atom. The maximum atomic E-state index is 13.2. The van der Waals surface area contributed by atoms with E-state index in [0.29, 0.717) is 34.6 Å². The zero-order chi connectivity index (χ0) is 36.6. The van der Waals surface area contributed by atoms with Crippen molar-refractivity contribution in [2.24, 2.45) is 0 Å². The minimum Gasteiger partial charge on any atom is -0.489 e. The van der Waals surface area contributed by atoms with E-state index in [1.165, 1.54) is 18.2 Å². The SMILES string of the molecule is C=CC(=O)CCOc1cc(C(=O)Oc2ccc(CCOC(=O)c3ccc(OCOC(=O)C=C)c(C)c3)c(C)c2)cc(C)c1OCOC(=O)C=C. The maximum Gasteiger partial charge on any atom is 0.343 e. The number of ether oxygens (including phenoxy) is 7. The molecule has 0 spiro atoms. The summed E-state index contributed by atoms with van der Waals surface area (Å²) in [5.41, 5.74) is 3.33. The number of ketones is 1. The number of hydrogen-bond donors (Lipinski definition) is 0. The second kappa shape index (κ2) is 19.0. The molecule has 0 radical (unpaired) electrons. The van der Waals surface area contributed by atoms with Crippen molar-refractivity contribution < 1.29 is 57.1 Å². The van der Waals surface area contributed by atoms with Gasteiger partial charge in [-0.2, -0.15) is 0 Å². The molecule has 3 aromatic carbocycles. The molecular formula is C38H38O12. The zero-order valence-electron chi connectivity index (χ0n) is 28.1. The number of carbonyl (C=O) groups excluding carboxylic acids is 5. The predicted octanol–water partition coefficient (Wildman–Crippen LogP) is 5.89. The molecule has 0 N–H and O–H groups in total. The van der Waals surface area contributed by atoms with Gasteiger partial charge in [0.05, 0.1) is 24.3 Å².